The van der Waals surface area contributed by atoms with Gasteiger partial charge in [0.25, 0.3) is 5.56 Å². The number of amides is 1. The molecule has 0 atom stereocenters. The second-order valence-corrected chi connectivity index (χ2v) is 6.83. The van der Waals surface area contributed by atoms with E-state index >= 15 is 0 Å². The molecule has 136 valence electrons. The first kappa shape index (κ1) is 17.9. The summed E-state index contributed by atoms with van der Waals surface area (Å²) in [6.07, 6.45) is 1.68. The van der Waals surface area contributed by atoms with Crippen LogP contribution in [0.1, 0.15) is 10.7 Å². The average Bonchev–Trinajstić information content (AvgIpc) is 3.02. The number of aryl methyl sites for hydroxylation is 2. The minimum Gasteiger partial charge on any atom is -0.493 e. The van der Waals surface area contributed by atoms with Crippen molar-refractivity contribution in [3.63, 3.8) is 0 Å². The predicted molar refractivity (Wildman–Crippen MR) is 99.3 cm³/mol. The number of methoxy groups -OCH3 is 2. The van der Waals surface area contributed by atoms with Crippen molar-refractivity contribution in [1.82, 2.24) is 14.5 Å². The predicted octanol–water partition coefficient (Wildman–Crippen LogP) is 2.13. The molecule has 0 fully saturated rings. The van der Waals surface area contributed by atoms with E-state index in [9.17, 15) is 9.59 Å². The van der Waals surface area contributed by atoms with E-state index in [0.29, 0.717) is 33.4 Å². The average molecular weight is 374 g/mol. The van der Waals surface area contributed by atoms with Gasteiger partial charge in [-0.25, -0.2) is 9.97 Å². The van der Waals surface area contributed by atoms with Crippen LogP contribution in [-0.2, 0) is 11.3 Å². The molecule has 0 saturated heterocycles. The maximum atomic E-state index is 12.8. The molecule has 1 aromatic carbocycles. The number of ether oxygens (including phenoxy) is 2. The lowest BCUT2D eigenvalue weighted by atomic mass is 10.2. The number of carbonyl (C=O) groups excluding carboxylic acids is 1. The topological polar surface area (TPSA) is 95.3 Å². The highest BCUT2D eigenvalue weighted by Gasteiger charge is 2.15. The number of benzene rings is 1. The Morgan fingerprint density at radius 3 is 2.54 bits per heavy atom. The van der Waals surface area contributed by atoms with Gasteiger partial charge in [-0.3, -0.25) is 14.2 Å². The maximum Gasteiger partial charge on any atom is 0.262 e. The molecule has 0 aliphatic heterocycles. The lowest BCUT2D eigenvalue weighted by Crippen LogP contribution is -2.30. The van der Waals surface area contributed by atoms with Crippen molar-refractivity contribution in [3.05, 3.63) is 39.4 Å². The summed E-state index contributed by atoms with van der Waals surface area (Å²) in [6, 6.07) is 3.22. The number of carbonyl (C=O) groups is 1. The van der Waals surface area contributed by atoms with Crippen LogP contribution in [0.3, 0.4) is 0 Å². The van der Waals surface area contributed by atoms with E-state index in [4.69, 9.17) is 9.47 Å². The van der Waals surface area contributed by atoms with Crippen LogP contribution in [0.4, 0.5) is 5.13 Å². The molecule has 0 aliphatic carbocycles. The minimum atomic E-state index is -0.342. The Morgan fingerprint density at radius 1 is 1.23 bits per heavy atom. The van der Waals surface area contributed by atoms with Crippen LogP contribution in [0.2, 0.25) is 0 Å². The van der Waals surface area contributed by atoms with Gasteiger partial charge in [-0.1, -0.05) is 0 Å². The van der Waals surface area contributed by atoms with E-state index in [-0.39, 0.29) is 18.0 Å². The summed E-state index contributed by atoms with van der Waals surface area (Å²) in [5.41, 5.74) is 0.163. The first-order chi connectivity index (χ1) is 12.4. The van der Waals surface area contributed by atoms with Crippen LogP contribution < -0.4 is 20.3 Å². The Kier molecular flexibility index (Phi) is 4.90. The van der Waals surface area contributed by atoms with Gasteiger partial charge in [-0.2, -0.15) is 0 Å². The molecule has 26 heavy (non-hydrogen) atoms. The SMILES string of the molecule is COc1cc2nc(C)n(CC(=O)Nc3ncc(C)s3)c(=O)c2cc1OC. The zero-order chi connectivity index (χ0) is 18.8. The standard InChI is InChI=1S/C17H18N4O4S/c1-9-7-18-17(26-9)20-15(22)8-21-10(2)19-12-6-14(25-4)13(24-3)5-11(12)16(21)23/h5-7H,8H2,1-4H3,(H,18,20,22). The molecular weight excluding hydrogens is 356 g/mol. The molecular formula is C17H18N4O4S. The fraction of sp³-hybridized carbons (Fsp3) is 0.294. The zero-order valence-corrected chi connectivity index (χ0v) is 15.6. The van der Waals surface area contributed by atoms with Crippen LogP contribution in [0.25, 0.3) is 10.9 Å². The van der Waals surface area contributed by atoms with Crippen molar-refractivity contribution in [2.24, 2.45) is 0 Å². The van der Waals surface area contributed by atoms with Crippen molar-refractivity contribution < 1.29 is 14.3 Å². The van der Waals surface area contributed by atoms with Gasteiger partial charge < -0.3 is 14.8 Å². The van der Waals surface area contributed by atoms with Crippen LogP contribution in [0, 0.1) is 13.8 Å². The first-order valence-electron chi connectivity index (χ1n) is 7.78. The van der Waals surface area contributed by atoms with E-state index in [0.717, 1.165) is 4.88 Å². The minimum absolute atomic E-state index is 0.152. The summed E-state index contributed by atoms with van der Waals surface area (Å²) in [4.78, 5) is 34.6. The van der Waals surface area contributed by atoms with Gasteiger partial charge >= 0.3 is 0 Å². The number of nitrogens with one attached hydrogen (secondary N) is 1. The smallest absolute Gasteiger partial charge is 0.262 e. The monoisotopic (exact) mass is 374 g/mol. The first-order valence-corrected chi connectivity index (χ1v) is 8.60. The van der Waals surface area contributed by atoms with Crippen LogP contribution in [0.5, 0.6) is 11.5 Å². The summed E-state index contributed by atoms with van der Waals surface area (Å²) in [5, 5.41) is 3.54. The van der Waals surface area contributed by atoms with Gasteiger partial charge in [-0.15, -0.1) is 11.3 Å². The molecule has 1 N–H and O–H groups in total. The highest BCUT2D eigenvalue weighted by Crippen LogP contribution is 2.30. The zero-order valence-electron chi connectivity index (χ0n) is 14.8. The number of fused-ring (bicyclic) bond motifs is 1. The summed E-state index contributed by atoms with van der Waals surface area (Å²) < 4.78 is 11.8. The number of hydrogen-bond donors (Lipinski definition) is 1. The number of aromatic nitrogens is 3. The molecule has 0 unspecified atom stereocenters. The van der Waals surface area contributed by atoms with E-state index in [1.54, 1.807) is 25.3 Å². The van der Waals surface area contributed by atoms with Gasteiger partial charge in [0.2, 0.25) is 5.91 Å². The lowest BCUT2D eigenvalue weighted by Gasteiger charge is -2.12. The second kappa shape index (κ2) is 7.12. The summed E-state index contributed by atoms with van der Waals surface area (Å²) in [5.74, 6) is 1.00. The van der Waals surface area contributed by atoms with Crippen LogP contribution in [-0.4, -0.2) is 34.7 Å². The normalized spacial score (nSPS) is 10.8. The van der Waals surface area contributed by atoms with E-state index in [1.807, 2.05) is 6.92 Å². The van der Waals surface area contributed by atoms with Gasteiger partial charge in [0, 0.05) is 17.1 Å². The lowest BCUT2D eigenvalue weighted by molar-refractivity contribution is -0.116. The second-order valence-electron chi connectivity index (χ2n) is 5.60. The quantitative estimate of drug-likeness (QED) is 0.735. The molecule has 0 aliphatic rings. The van der Waals surface area contributed by atoms with E-state index < -0.39 is 0 Å². The molecule has 3 rings (SSSR count). The van der Waals surface area contributed by atoms with Crippen molar-refractivity contribution >= 4 is 33.3 Å². The van der Waals surface area contributed by atoms with Crippen LogP contribution >= 0.6 is 11.3 Å². The molecule has 2 heterocycles. The Labute approximate surface area is 153 Å². The summed E-state index contributed by atoms with van der Waals surface area (Å²) >= 11 is 1.37. The van der Waals surface area contributed by atoms with Crippen LogP contribution in [0.15, 0.2) is 23.1 Å². The summed E-state index contributed by atoms with van der Waals surface area (Å²) in [6.45, 7) is 3.43. The third kappa shape index (κ3) is 3.38. The number of thiazole rings is 1. The van der Waals surface area contributed by atoms with Gasteiger partial charge in [0.15, 0.2) is 16.6 Å². The largest absolute Gasteiger partial charge is 0.493 e. The molecule has 3 aromatic rings. The van der Waals surface area contributed by atoms with Crippen molar-refractivity contribution in [3.8, 4) is 11.5 Å². The molecule has 2 aromatic heterocycles. The highest BCUT2D eigenvalue weighted by molar-refractivity contribution is 7.15. The Hall–Kier alpha value is -2.94. The summed E-state index contributed by atoms with van der Waals surface area (Å²) in [7, 11) is 3.01. The van der Waals surface area contributed by atoms with E-state index in [2.05, 4.69) is 15.3 Å². The number of hydrogen-bond acceptors (Lipinski definition) is 7. The molecule has 0 spiro atoms. The van der Waals surface area contributed by atoms with Crippen molar-refractivity contribution in [2.45, 2.75) is 20.4 Å². The molecule has 9 heteroatoms. The van der Waals surface area contributed by atoms with Crippen molar-refractivity contribution in [2.75, 3.05) is 19.5 Å². The molecule has 0 radical (unpaired) electrons. The van der Waals surface area contributed by atoms with Gasteiger partial charge in [0.05, 0.1) is 25.1 Å². The fourth-order valence-corrected chi connectivity index (χ4v) is 3.24. The van der Waals surface area contributed by atoms with E-state index in [1.165, 1.54) is 30.1 Å². The number of nitrogens with zero attached hydrogens (tertiary/aromatic N) is 3. The van der Waals surface area contributed by atoms with Crippen molar-refractivity contribution in [1.29, 1.82) is 0 Å². The fourth-order valence-electron chi connectivity index (χ4n) is 2.56. The molecule has 0 saturated carbocycles. The van der Waals surface area contributed by atoms with Gasteiger partial charge in [-0.05, 0) is 19.9 Å². The molecule has 0 bridgehead atoms. The maximum absolute atomic E-state index is 12.8. The number of anilines is 1. The third-order valence-electron chi connectivity index (χ3n) is 3.82. The molecule has 1 amide bonds. The molecule has 8 nitrogen and oxygen atoms in total. The van der Waals surface area contributed by atoms with Gasteiger partial charge in [0.1, 0.15) is 12.4 Å². The Morgan fingerprint density at radius 2 is 1.92 bits per heavy atom. The Balaban J connectivity index is 1.97. The third-order valence-corrected chi connectivity index (χ3v) is 4.65. The highest BCUT2D eigenvalue weighted by atomic mass is 32.1. The Bertz CT molecular complexity index is 1040. The number of rotatable bonds is 5.